The fourth-order valence-corrected chi connectivity index (χ4v) is 0.676. The molecule has 0 saturated heterocycles. The summed E-state index contributed by atoms with van der Waals surface area (Å²) in [5.41, 5.74) is -1.47. The van der Waals surface area contributed by atoms with Crippen molar-refractivity contribution in [3.8, 4) is 12.3 Å². The van der Waals surface area contributed by atoms with Gasteiger partial charge in [-0.05, 0) is 0 Å². The fraction of sp³-hybridized carbons (Fsp3) is 0.222. The molecular weight excluding hydrogens is 257 g/mol. The van der Waals surface area contributed by atoms with Gasteiger partial charge in [0.2, 0.25) is 0 Å². The minimum atomic E-state index is -4.53. The van der Waals surface area contributed by atoms with Gasteiger partial charge in [-0.25, -0.2) is 9.59 Å². The number of aromatic amines is 1. The summed E-state index contributed by atoms with van der Waals surface area (Å²) in [6.07, 6.45) is -0.207. The lowest BCUT2D eigenvalue weighted by molar-refractivity contribution is -0.141. The number of carboxylic acids is 1. The number of aromatic nitrogens is 2. The van der Waals surface area contributed by atoms with Crippen LogP contribution in [0, 0.1) is 12.3 Å². The molecule has 6 nitrogen and oxygen atoms in total. The van der Waals surface area contributed by atoms with Crippen molar-refractivity contribution in [2.45, 2.75) is 6.18 Å². The Bertz CT molecular complexity index is 473. The van der Waals surface area contributed by atoms with E-state index in [0.717, 1.165) is 7.11 Å². The van der Waals surface area contributed by atoms with Crippen molar-refractivity contribution in [1.29, 1.82) is 0 Å². The minimum absolute atomic E-state index is 0.394. The Morgan fingerprint density at radius 1 is 1.56 bits per heavy atom. The highest BCUT2D eigenvalue weighted by Gasteiger charge is 2.33. The molecule has 0 unspecified atom stereocenters. The van der Waals surface area contributed by atoms with Gasteiger partial charge in [-0.1, -0.05) is 0 Å². The Kier molecular flexibility index (Phi) is 5.41. The van der Waals surface area contributed by atoms with Gasteiger partial charge in [-0.3, -0.25) is 5.10 Å². The van der Waals surface area contributed by atoms with Gasteiger partial charge in [0, 0.05) is 12.0 Å². The van der Waals surface area contributed by atoms with Crippen molar-refractivity contribution < 1.29 is 32.6 Å². The second-order valence-electron chi connectivity index (χ2n) is 2.61. The molecule has 1 aromatic rings. The molecule has 0 aliphatic rings. The van der Waals surface area contributed by atoms with Gasteiger partial charge >= 0.3 is 18.1 Å². The van der Waals surface area contributed by atoms with Gasteiger partial charge in [-0.15, -0.1) is 6.42 Å². The molecule has 2 N–H and O–H groups in total. The number of aliphatic carboxylic acids is 1. The van der Waals surface area contributed by atoms with E-state index >= 15 is 0 Å². The minimum Gasteiger partial charge on any atom is -0.472 e. The first-order valence-electron chi connectivity index (χ1n) is 4.12. The standard InChI is InChI=1S/C6H5F3N2O2.C3H2O2/c1-13-5(12)3-2-4(11-10-3)6(7,8)9;1-2-3(4)5/h2H,1H3,(H,10,11);1H,(H,4,5). The fourth-order valence-electron chi connectivity index (χ4n) is 0.676. The quantitative estimate of drug-likeness (QED) is 0.581. The molecule has 1 rings (SSSR count). The van der Waals surface area contributed by atoms with Crippen LogP contribution < -0.4 is 0 Å². The molecule has 0 saturated carbocycles. The van der Waals surface area contributed by atoms with Gasteiger partial charge in [-0.2, -0.15) is 18.3 Å². The highest BCUT2D eigenvalue weighted by Crippen LogP contribution is 2.27. The molecule has 0 aliphatic carbocycles. The van der Waals surface area contributed by atoms with Crippen molar-refractivity contribution in [2.75, 3.05) is 7.11 Å². The summed E-state index contributed by atoms with van der Waals surface area (Å²) < 4.78 is 40.0. The average molecular weight is 264 g/mol. The predicted octanol–water partition coefficient (Wildman–Crippen LogP) is 0.919. The molecule has 0 radical (unpaired) electrons. The molecule has 0 spiro atoms. The van der Waals surface area contributed by atoms with Gasteiger partial charge in [0.15, 0.2) is 5.69 Å². The number of halogens is 3. The van der Waals surface area contributed by atoms with Crippen molar-refractivity contribution in [2.24, 2.45) is 0 Å². The third-order valence-corrected chi connectivity index (χ3v) is 1.40. The summed E-state index contributed by atoms with van der Waals surface area (Å²) >= 11 is 0. The Hall–Kier alpha value is -2.50. The molecule has 98 valence electrons. The zero-order valence-corrected chi connectivity index (χ0v) is 8.91. The zero-order valence-electron chi connectivity index (χ0n) is 8.91. The number of hydrogen-bond acceptors (Lipinski definition) is 4. The van der Waals surface area contributed by atoms with Crippen molar-refractivity contribution in [3.63, 3.8) is 0 Å². The molecule has 0 amide bonds. The molecule has 1 heterocycles. The number of methoxy groups -OCH3 is 1. The third-order valence-electron chi connectivity index (χ3n) is 1.40. The summed E-state index contributed by atoms with van der Waals surface area (Å²) in [5, 5.41) is 12.3. The molecule has 0 aliphatic heterocycles. The Labute approximate surface area is 98.8 Å². The number of terminal acetylenes is 1. The van der Waals surface area contributed by atoms with Gasteiger partial charge in [0.05, 0.1) is 7.11 Å². The lowest BCUT2D eigenvalue weighted by atomic mass is 10.3. The Balaban J connectivity index is 0.000000494. The average Bonchev–Trinajstić information content (AvgIpc) is 2.77. The highest BCUT2D eigenvalue weighted by atomic mass is 19.4. The molecule has 0 bridgehead atoms. The molecule has 0 fully saturated rings. The number of hydrogen-bond donors (Lipinski definition) is 2. The Morgan fingerprint density at radius 3 is 2.33 bits per heavy atom. The van der Waals surface area contributed by atoms with E-state index in [-0.39, 0.29) is 0 Å². The molecular formula is C9H7F3N2O4. The number of nitrogens with one attached hydrogen (secondary N) is 1. The predicted molar refractivity (Wildman–Crippen MR) is 51.4 cm³/mol. The second-order valence-corrected chi connectivity index (χ2v) is 2.61. The normalized spacial score (nSPS) is 9.72. The number of carbonyl (C=O) groups is 2. The summed E-state index contributed by atoms with van der Waals surface area (Å²) in [6, 6.07) is 0.589. The summed E-state index contributed by atoms with van der Waals surface area (Å²) in [6.45, 7) is 0. The smallest absolute Gasteiger partial charge is 0.432 e. The largest absolute Gasteiger partial charge is 0.472 e. The van der Waals surface area contributed by atoms with E-state index in [1.165, 1.54) is 5.92 Å². The number of carbonyl (C=O) groups excluding carboxylic acids is 1. The maximum atomic E-state index is 11.9. The first kappa shape index (κ1) is 15.5. The van der Waals surface area contributed by atoms with Crippen LogP contribution in [0.25, 0.3) is 0 Å². The maximum absolute atomic E-state index is 11.9. The molecule has 0 atom stereocenters. The number of rotatable bonds is 1. The summed E-state index contributed by atoms with van der Waals surface area (Å²) in [4.78, 5) is 19.8. The number of esters is 1. The lowest BCUT2D eigenvalue weighted by Gasteiger charge is -1.99. The molecule has 0 aromatic carbocycles. The number of alkyl halides is 3. The topological polar surface area (TPSA) is 92.3 Å². The third kappa shape index (κ3) is 5.02. The number of nitrogens with zero attached hydrogens (tertiary/aromatic N) is 1. The number of carboxylic acid groups (broad SMARTS) is 1. The first-order valence-corrected chi connectivity index (χ1v) is 4.12. The van der Waals surface area contributed by atoms with Gasteiger partial charge in [0.1, 0.15) is 5.69 Å². The van der Waals surface area contributed by atoms with E-state index in [9.17, 15) is 18.0 Å². The van der Waals surface area contributed by atoms with Gasteiger partial charge < -0.3 is 9.84 Å². The number of ether oxygens (including phenoxy) is 1. The van der Waals surface area contributed by atoms with E-state index in [1.807, 2.05) is 0 Å². The number of H-pyrrole nitrogens is 1. The van der Waals surface area contributed by atoms with Crippen LogP contribution in [0.5, 0.6) is 0 Å². The van der Waals surface area contributed by atoms with Crippen LogP contribution in [-0.2, 0) is 15.7 Å². The zero-order chi connectivity index (χ0) is 14.3. The molecule has 9 heteroatoms. The van der Waals surface area contributed by atoms with Crippen LogP contribution in [0.4, 0.5) is 13.2 Å². The van der Waals surface area contributed by atoms with E-state index in [0.29, 0.717) is 6.07 Å². The second kappa shape index (κ2) is 6.29. The van der Waals surface area contributed by atoms with Crippen LogP contribution in [-0.4, -0.2) is 34.4 Å². The van der Waals surface area contributed by atoms with Crippen LogP contribution >= 0.6 is 0 Å². The van der Waals surface area contributed by atoms with Crippen molar-refractivity contribution >= 4 is 11.9 Å². The SMILES string of the molecule is C#CC(=O)O.COC(=O)c1cc(C(F)(F)F)[nH]n1. The summed E-state index contributed by atoms with van der Waals surface area (Å²) in [5.74, 6) is -0.684. The lowest BCUT2D eigenvalue weighted by Crippen LogP contribution is -2.05. The molecule has 1 aromatic heterocycles. The van der Waals surface area contributed by atoms with Crippen LogP contribution in [0.3, 0.4) is 0 Å². The van der Waals surface area contributed by atoms with E-state index < -0.39 is 29.5 Å². The highest BCUT2D eigenvalue weighted by molar-refractivity contribution is 5.87. The monoisotopic (exact) mass is 264 g/mol. The maximum Gasteiger partial charge on any atom is 0.432 e. The molecule has 18 heavy (non-hydrogen) atoms. The van der Waals surface area contributed by atoms with Gasteiger partial charge in [0.25, 0.3) is 0 Å². The first-order chi connectivity index (χ1) is 8.22. The van der Waals surface area contributed by atoms with E-state index in [2.05, 4.69) is 16.3 Å². The van der Waals surface area contributed by atoms with Crippen molar-refractivity contribution in [3.05, 3.63) is 17.5 Å². The summed E-state index contributed by atoms with van der Waals surface area (Å²) in [7, 11) is 1.06. The van der Waals surface area contributed by atoms with E-state index in [4.69, 9.17) is 9.90 Å². The van der Waals surface area contributed by atoms with Crippen LogP contribution in [0.1, 0.15) is 16.2 Å². The van der Waals surface area contributed by atoms with Crippen molar-refractivity contribution in [1.82, 2.24) is 10.2 Å². The Morgan fingerprint density at radius 2 is 2.06 bits per heavy atom. The van der Waals surface area contributed by atoms with Crippen LogP contribution in [0.15, 0.2) is 6.07 Å². The van der Waals surface area contributed by atoms with E-state index in [1.54, 1.807) is 5.10 Å². The van der Waals surface area contributed by atoms with Crippen LogP contribution in [0.2, 0.25) is 0 Å².